The summed E-state index contributed by atoms with van der Waals surface area (Å²) in [6, 6.07) is 1.77. The molecule has 104 valence electrons. The van der Waals surface area contributed by atoms with Gasteiger partial charge in [-0.05, 0) is 33.8 Å². The van der Waals surface area contributed by atoms with Crippen molar-refractivity contribution in [3.8, 4) is 5.95 Å². The molecule has 0 N–H and O–H groups in total. The number of hydrogen-bond donors (Lipinski definition) is 0. The average molecular weight is 272 g/mol. The lowest BCUT2D eigenvalue weighted by atomic mass is 9.82. The van der Waals surface area contributed by atoms with Gasteiger partial charge in [0.1, 0.15) is 0 Å². The molecule has 0 atom stereocenters. The van der Waals surface area contributed by atoms with Crippen molar-refractivity contribution in [3.05, 3.63) is 30.9 Å². The van der Waals surface area contributed by atoms with Gasteiger partial charge < -0.3 is 9.31 Å². The maximum absolute atomic E-state index is 5.98. The number of nitrogens with zero attached hydrogens (tertiary/aromatic N) is 4. The second-order valence-corrected chi connectivity index (χ2v) is 5.86. The van der Waals surface area contributed by atoms with Crippen LogP contribution in [0.1, 0.15) is 27.7 Å². The molecule has 6 nitrogen and oxygen atoms in total. The minimum Gasteiger partial charge on any atom is -0.399 e. The van der Waals surface area contributed by atoms with E-state index in [1.807, 2.05) is 33.9 Å². The minimum atomic E-state index is -0.419. The van der Waals surface area contributed by atoms with Gasteiger partial charge in [0.05, 0.1) is 11.2 Å². The summed E-state index contributed by atoms with van der Waals surface area (Å²) >= 11 is 0. The largest absolute Gasteiger partial charge is 0.498 e. The normalized spacial score (nSPS) is 20.3. The zero-order valence-corrected chi connectivity index (χ0v) is 12.1. The monoisotopic (exact) mass is 272 g/mol. The molecule has 0 aromatic carbocycles. The van der Waals surface area contributed by atoms with Gasteiger partial charge in [-0.2, -0.15) is 5.10 Å². The molecule has 20 heavy (non-hydrogen) atoms. The Hall–Kier alpha value is -1.73. The summed E-state index contributed by atoms with van der Waals surface area (Å²) in [5.74, 6) is 0.523. The molecule has 2 aromatic rings. The van der Waals surface area contributed by atoms with Gasteiger partial charge in [0, 0.05) is 30.3 Å². The summed E-state index contributed by atoms with van der Waals surface area (Å²) in [5.41, 5.74) is 0.141. The van der Waals surface area contributed by atoms with Gasteiger partial charge in [0.25, 0.3) is 0 Å². The topological polar surface area (TPSA) is 62.1 Å². The van der Waals surface area contributed by atoms with Gasteiger partial charge >= 0.3 is 7.12 Å². The third-order valence-corrected chi connectivity index (χ3v) is 3.89. The molecule has 1 aliphatic heterocycles. The number of hydrogen-bond acceptors (Lipinski definition) is 5. The van der Waals surface area contributed by atoms with E-state index >= 15 is 0 Å². The first kappa shape index (κ1) is 13.3. The van der Waals surface area contributed by atoms with Gasteiger partial charge in [-0.25, -0.2) is 14.6 Å². The van der Waals surface area contributed by atoms with Gasteiger partial charge in [-0.1, -0.05) is 0 Å². The molecule has 2 aromatic heterocycles. The Morgan fingerprint density at radius 3 is 2.25 bits per heavy atom. The molecule has 0 saturated carbocycles. The Balaban J connectivity index is 1.86. The molecule has 3 heterocycles. The molecule has 3 rings (SSSR count). The Kier molecular flexibility index (Phi) is 2.91. The third-order valence-electron chi connectivity index (χ3n) is 3.89. The van der Waals surface area contributed by atoms with Gasteiger partial charge in [0.15, 0.2) is 0 Å². The molecular weight excluding hydrogens is 255 g/mol. The van der Waals surface area contributed by atoms with Crippen LogP contribution < -0.4 is 5.46 Å². The quantitative estimate of drug-likeness (QED) is 0.762. The van der Waals surface area contributed by atoms with Crippen LogP contribution in [0, 0.1) is 0 Å². The van der Waals surface area contributed by atoms with E-state index in [-0.39, 0.29) is 11.2 Å². The maximum atomic E-state index is 5.98. The van der Waals surface area contributed by atoms with Crippen LogP contribution in [0.5, 0.6) is 0 Å². The molecule has 0 unspecified atom stereocenters. The lowest BCUT2D eigenvalue weighted by Gasteiger charge is -2.32. The van der Waals surface area contributed by atoms with E-state index < -0.39 is 7.12 Å². The first-order valence-corrected chi connectivity index (χ1v) is 6.57. The van der Waals surface area contributed by atoms with Crippen molar-refractivity contribution in [2.45, 2.75) is 38.9 Å². The van der Waals surface area contributed by atoms with E-state index in [0.29, 0.717) is 5.95 Å². The Bertz CT molecular complexity index is 596. The van der Waals surface area contributed by atoms with Crippen LogP contribution in [0.3, 0.4) is 0 Å². The van der Waals surface area contributed by atoms with Crippen molar-refractivity contribution in [2.75, 3.05) is 0 Å². The highest BCUT2D eigenvalue weighted by Crippen LogP contribution is 2.36. The van der Waals surface area contributed by atoms with Gasteiger partial charge in [0.2, 0.25) is 5.95 Å². The average Bonchev–Trinajstić information content (AvgIpc) is 2.94. The summed E-state index contributed by atoms with van der Waals surface area (Å²) in [6.45, 7) is 8.10. The second kappa shape index (κ2) is 4.39. The van der Waals surface area contributed by atoms with Gasteiger partial charge in [-0.3, -0.25) is 0 Å². The van der Waals surface area contributed by atoms with Crippen molar-refractivity contribution >= 4 is 12.6 Å². The van der Waals surface area contributed by atoms with Crippen LogP contribution in [0.15, 0.2) is 30.9 Å². The molecule has 1 aliphatic rings. The Morgan fingerprint density at radius 1 is 1.05 bits per heavy atom. The summed E-state index contributed by atoms with van der Waals surface area (Å²) in [6.07, 6.45) is 6.91. The van der Waals surface area contributed by atoms with E-state index in [1.54, 1.807) is 29.3 Å². The van der Waals surface area contributed by atoms with Crippen LogP contribution in [0.4, 0.5) is 0 Å². The molecule has 1 saturated heterocycles. The Labute approximate surface area is 118 Å². The van der Waals surface area contributed by atoms with Crippen molar-refractivity contribution in [2.24, 2.45) is 0 Å². The van der Waals surface area contributed by atoms with E-state index in [1.165, 1.54) is 0 Å². The first-order chi connectivity index (χ1) is 9.39. The maximum Gasteiger partial charge on any atom is 0.498 e. The lowest BCUT2D eigenvalue weighted by molar-refractivity contribution is 0.00578. The molecule has 7 heteroatoms. The van der Waals surface area contributed by atoms with E-state index in [0.717, 1.165) is 5.46 Å². The minimum absolute atomic E-state index is 0.358. The summed E-state index contributed by atoms with van der Waals surface area (Å²) in [7, 11) is -0.419. The number of aromatic nitrogens is 4. The van der Waals surface area contributed by atoms with Crippen molar-refractivity contribution in [1.29, 1.82) is 0 Å². The highest BCUT2D eigenvalue weighted by Gasteiger charge is 2.52. The third kappa shape index (κ3) is 2.12. The summed E-state index contributed by atoms with van der Waals surface area (Å²) < 4.78 is 13.6. The van der Waals surface area contributed by atoms with Crippen molar-refractivity contribution in [1.82, 2.24) is 19.7 Å². The fourth-order valence-electron chi connectivity index (χ4n) is 1.96. The fourth-order valence-corrected chi connectivity index (χ4v) is 1.96. The van der Waals surface area contributed by atoms with E-state index in [2.05, 4.69) is 15.1 Å². The predicted octanol–water partition coefficient (Wildman–Crippen LogP) is 0.961. The van der Waals surface area contributed by atoms with Crippen LogP contribution >= 0.6 is 0 Å². The molecule has 0 radical (unpaired) electrons. The molecule has 0 aliphatic carbocycles. The van der Waals surface area contributed by atoms with E-state index in [4.69, 9.17) is 9.31 Å². The number of rotatable bonds is 2. The zero-order chi connectivity index (χ0) is 14.4. The van der Waals surface area contributed by atoms with Crippen molar-refractivity contribution < 1.29 is 9.31 Å². The highest BCUT2D eigenvalue weighted by atomic mass is 16.7. The fraction of sp³-hybridized carbons (Fsp3) is 0.462. The SMILES string of the molecule is CC1(C)OB(c2cnn(-c3ncccn3)c2)OC1(C)C. The molecule has 0 spiro atoms. The zero-order valence-electron chi connectivity index (χ0n) is 12.1. The molecule has 0 bridgehead atoms. The van der Waals surface area contributed by atoms with Gasteiger partial charge in [-0.15, -0.1) is 0 Å². The van der Waals surface area contributed by atoms with Crippen LogP contribution in [0.2, 0.25) is 0 Å². The smallest absolute Gasteiger partial charge is 0.399 e. The Morgan fingerprint density at radius 2 is 1.65 bits per heavy atom. The summed E-state index contributed by atoms with van der Waals surface area (Å²) in [4.78, 5) is 8.31. The van der Waals surface area contributed by atoms with Crippen LogP contribution in [0.25, 0.3) is 5.95 Å². The summed E-state index contributed by atoms with van der Waals surface area (Å²) in [5, 5.41) is 4.26. The van der Waals surface area contributed by atoms with E-state index in [9.17, 15) is 0 Å². The first-order valence-electron chi connectivity index (χ1n) is 6.57. The molecule has 0 amide bonds. The van der Waals surface area contributed by atoms with Crippen molar-refractivity contribution in [3.63, 3.8) is 0 Å². The second-order valence-electron chi connectivity index (χ2n) is 5.86. The highest BCUT2D eigenvalue weighted by molar-refractivity contribution is 6.62. The standard InChI is InChI=1S/C13H17BN4O2/c1-12(2)13(3,4)20-14(19-12)10-8-17-18(9-10)11-15-6-5-7-16-11/h5-9H,1-4H3. The van der Waals surface area contributed by atoms with Crippen LogP contribution in [-0.2, 0) is 9.31 Å². The van der Waals surface area contributed by atoms with Crippen LogP contribution in [-0.4, -0.2) is 38.1 Å². The molecular formula is C13H17BN4O2. The predicted molar refractivity (Wildman–Crippen MR) is 74.9 cm³/mol. The lowest BCUT2D eigenvalue weighted by Crippen LogP contribution is -2.41. The molecule has 1 fully saturated rings.